The molecule has 284 valence electrons. The second-order valence-corrected chi connectivity index (χ2v) is 15.6. The predicted molar refractivity (Wildman–Crippen MR) is 254 cm³/mol. The van der Waals surface area contributed by atoms with Crippen LogP contribution in [-0.2, 0) is 0 Å². The van der Waals surface area contributed by atoms with Crippen LogP contribution >= 0.6 is 0 Å². The van der Waals surface area contributed by atoms with Gasteiger partial charge in [0.05, 0.1) is 11.0 Å². The number of rotatable bonds is 6. The van der Waals surface area contributed by atoms with E-state index in [-0.39, 0.29) is 0 Å². The summed E-state index contributed by atoms with van der Waals surface area (Å²) in [5.74, 6) is 1.88. The fraction of sp³-hybridized carbons (Fsp3) is 0. The summed E-state index contributed by atoms with van der Waals surface area (Å²) >= 11 is 0. The number of nitrogens with zero attached hydrogens (tertiary/aromatic N) is 4. The Morgan fingerprint density at radius 3 is 1.64 bits per heavy atom. The van der Waals surface area contributed by atoms with Crippen LogP contribution in [0.3, 0.4) is 0 Å². The van der Waals surface area contributed by atoms with E-state index in [1.165, 1.54) is 59.7 Å². The Morgan fingerprint density at radius 1 is 0.295 bits per heavy atom. The molecule has 4 nitrogen and oxygen atoms in total. The van der Waals surface area contributed by atoms with Crippen LogP contribution in [-0.4, -0.2) is 19.5 Å². The van der Waals surface area contributed by atoms with Gasteiger partial charge in [-0.25, -0.2) is 15.0 Å². The van der Waals surface area contributed by atoms with Crippen molar-refractivity contribution in [2.24, 2.45) is 0 Å². The normalized spacial score (nSPS) is 11.6. The molecule has 0 fully saturated rings. The van der Waals surface area contributed by atoms with Crippen molar-refractivity contribution in [1.29, 1.82) is 0 Å². The smallest absolute Gasteiger partial charge is 0.164 e. The maximum Gasteiger partial charge on any atom is 0.164 e. The Kier molecular flexibility index (Phi) is 8.13. The number of para-hydroxylation sites is 3. The second kappa shape index (κ2) is 14.3. The first-order valence-corrected chi connectivity index (χ1v) is 20.7. The van der Waals surface area contributed by atoms with Crippen molar-refractivity contribution >= 4 is 54.1 Å². The molecule has 0 aliphatic heterocycles. The zero-order chi connectivity index (χ0) is 40.3. The minimum absolute atomic E-state index is 0.623. The van der Waals surface area contributed by atoms with Crippen molar-refractivity contribution < 1.29 is 0 Å². The van der Waals surface area contributed by atoms with Gasteiger partial charge in [-0.05, 0) is 79.3 Å². The Labute approximate surface area is 352 Å². The van der Waals surface area contributed by atoms with E-state index in [1.807, 2.05) is 18.2 Å². The van der Waals surface area contributed by atoms with E-state index < -0.39 is 0 Å². The molecule has 0 N–H and O–H groups in total. The van der Waals surface area contributed by atoms with Crippen LogP contribution in [0.4, 0.5) is 0 Å². The Balaban J connectivity index is 1.00. The van der Waals surface area contributed by atoms with Gasteiger partial charge in [0.1, 0.15) is 0 Å². The van der Waals surface area contributed by atoms with E-state index in [1.54, 1.807) is 0 Å². The molecule has 0 aliphatic rings. The number of hydrogen-bond acceptors (Lipinski definition) is 3. The lowest BCUT2D eigenvalue weighted by Crippen LogP contribution is -2.00. The molecule has 4 heteroatoms. The Morgan fingerprint density at radius 2 is 0.852 bits per heavy atom. The lowest BCUT2D eigenvalue weighted by molar-refractivity contribution is 1.07. The van der Waals surface area contributed by atoms with Crippen LogP contribution in [0.2, 0.25) is 0 Å². The van der Waals surface area contributed by atoms with Crippen LogP contribution in [0.15, 0.2) is 218 Å². The highest BCUT2D eigenvalue weighted by atomic mass is 15.0. The molecule has 0 saturated heterocycles. The topological polar surface area (TPSA) is 43.6 Å². The molecule has 0 bridgehead atoms. The average molecular weight is 777 g/mol. The maximum absolute atomic E-state index is 5.21. The molecule has 0 amide bonds. The minimum atomic E-state index is 0.623. The second-order valence-electron chi connectivity index (χ2n) is 15.6. The molecule has 0 spiro atoms. The average Bonchev–Trinajstić information content (AvgIpc) is 3.68. The number of benzene rings is 10. The van der Waals surface area contributed by atoms with E-state index in [2.05, 4.69) is 205 Å². The van der Waals surface area contributed by atoms with Crippen LogP contribution in [0.5, 0.6) is 0 Å². The molecule has 2 aromatic heterocycles. The molecule has 12 aromatic rings. The van der Waals surface area contributed by atoms with E-state index >= 15 is 0 Å². The van der Waals surface area contributed by atoms with Gasteiger partial charge in [0.2, 0.25) is 0 Å². The largest absolute Gasteiger partial charge is 0.309 e. The van der Waals surface area contributed by atoms with Gasteiger partial charge in [0, 0.05) is 38.7 Å². The summed E-state index contributed by atoms with van der Waals surface area (Å²) < 4.78 is 2.38. The summed E-state index contributed by atoms with van der Waals surface area (Å²) in [4.78, 5) is 15.4. The molecule has 61 heavy (non-hydrogen) atoms. The lowest BCUT2D eigenvalue weighted by Gasteiger charge is -2.15. The van der Waals surface area contributed by atoms with E-state index in [0.29, 0.717) is 17.5 Å². The van der Waals surface area contributed by atoms with Crippen LogP contribution in [0, 0.1) is 0 Å². The van der Waals surface area contributed by atoms with Gasteiger partial charge in [-0.1, -0.05) is 188 Å². The van der Waals surface area contributed by atoms with Gasteiger partial charge in [-0.2, -0.15) is 0 Å². The summed E-state index contributed by atoms with van der Waals surface area (Å²) in [6.45, 7) is 0. The van der Waals surface area contributed by atoms with Crippen LogP contribution < -0.4 is 0 Å². The summed E-state index contributed by atoms with van der Waals surface area (Å²) in [7, 11) is 0. The summed E-state index contributed by atoms with van der Waals surface area (Å²) in [6, 6.07) is 77.6. The van der Waals surface area contributed by atoms with Gasteiger partial charge in [0.15, 0.2) is 17.5 Å². The minimum Gasteiger partial charge on any atom is -0.309 e. The third kappa shape index (κ3) is 5.88. The molecule has 0 radical (unpaired) electrons. The molecule has 0 aliphatic carbocycles. The fourth-order valence-corrected chi connectivity index (χ4v) is 9.19. The third-order valence-electron chi connectivity index (χ3n) is 12.0. The van der Waals surface area contributed by atoms with Crippen molar-refractivity contribution in [2.45, 2.75) is 0 Å². The highest BCUT2D eigenvalue weighted by Crippen LogP contribution is 2.41. The van der Waals surface area contributed by atoms with E-state index in [9.17, 15) is 0 Å². The SMILES string of the molecule is c1ccc(-c2nc(-c3ccc(-c4c5ccccc5cc5c4ccc4ccccc45)cc3)nc(-c3cccc(-c4cccc5c6ccccc6n(-c6ccccc6)c45)c3)n2)cc1. The summed E-state index contributed by atoms with van der Waals surface area (Å²) in [5.41, 5.74) is 10.9. The molecular weight excluding hydrogens is 741 g/mol. The molecule has 2 heterocycles. The third-order valence-corrected chi connectivity index (χ3v) is 12.0. The lowest BCUT2D eigenvalue weighted by atomic mass is 9.89. The van der Waals surface area contributed by atoms with E-state index in [4.69, 9.17) is 15.0 Å². The Hall–Kier alpha value is -8.21. The van der Waals surface area contributed by atoms with Crippen molar-refractivity contribution in [3.63, 3.8) is 0 Å². The maximum atomic E-state index is 5.21. The van der Waals surface area contributed by atoms with Gasteiger partial charge >= 0.3 is 0 Å². The van der Waals surface area contributed by atoms with Crippen molar-refractivity contribution in [3.8, 4) is 62.1 Å². The molecule has 0 saturated carbocycles. The van der Waals surface area contributed by atoms with Crippen LogP contribution in [0.1, 0.15) is 0 Å². The van der Waals surface area contributed by atoms with E-state index in [0.717, 1.165) is 39.1 Å². The highest BCUT2D eigenvalue weighted by molar-refractivity contribution is 6.20. The van der Waals surface area contributed by atoms with Gasteiger partial charge in [0.25, 0.3) is 0 Å². The zero-order valence-corrected chi connectivity index (χ0v) is 33.1. The fourth-order valence-electron chi connectivity index (χ4n) is 9.19. The first-order chi connectivity index (χ1) is 30.2. The standard InChI is InChI=1S/C57H36N4/c1-3-16-39(17-4-1)55-58-56(40-31-29-38(30-32-40)53-46-24-10-8-18-42(46)36-51-45-23-9-7-15-37(45)33-34-49(51)53)60-57(59-55)43-20-13-19-41(35-43)47-26-14-27-50-48-25-11-12-28-52(48)61(54(47)50)44-21-5-2-6-22-44/h1-36H. The highest BCUT2D eigenvalue weighted by Gasteiger charge is 2.19. The first-order valence-electron chi connectivity index (χ1n) is 20.7. The first kappa shape index (κ1) is 34.8. The zero-order valence-electron chi connectivity index (χ0n) is 33.1. The number of aromatic nitrogens is 4. The quantitative estimate of drug-likeness (QED) is 0.125. The van der Waals surface area contributed by atoms with Gasteiger partial charge in [-0.3, -0.25) is 0 Å². The number of fused-ring (bicyclic) bond motifs is 7. The summed E-state index contributed by atoms with van der Waals surface area (Å²) in [6.07, 6.45) is 0. The molecule has 10 aromatic carbocycles. The van der Waals surface area contributed by atoms with Crippen molar-refractivity contribution in [2.75, 3.05) is 0 Å². The molecule has 0 unspecified atom stereocenters. The van der Waals surface area contributed by atoms with Crippen LogP contribution in [0.25, 0.3) is 116 Å². The number of hydrogen-bond donors (Lipinski definition) is 0. The van der Waals surface area contributed by atoms with Gasteiger partial charge < -0.3 is 4.57 Å². The molecular formula is C57H36N4. The van der Waals surface area contributed by atoms with Crippen molar-refractivity contribution in [1.82, 2.24) is 19.5 Å². The summed E-state index contributed by atoms with van der Waals surface area (Å²) in [5, 5.41) is 9.88. The molecule has 12 rings (SSSR count). The van der Waals surface area contributed by atoms with Crippen molar-refractivity contribution in [3.05, 3.63) is 218 Å². The Bertz CT molecular complexity index is 3630. The monoisotopic (exact) mass is 776 g/mol. The van der Waals surface area contributed by atoms with Gasteiger partial charge in [-0.15, -0.1) is 0 Å². The predicted octanol–water partition coefficient (Wildman–Crippen LogP) is 14.8. The molecule has 0 atom stereocenters.